The summed E-state index contributed by atoms with van der Waals surface area (Å²) >= 11 is 6.24. The van der Waals surface area contributed by atoms with Gasteiger partial charge in [0.1, 0.15) is 11.9 Å². The van der Waals surface area contributed by atoms with Gasteiger partial charge in [-0.1, -0.05) is 17.7 Å². The number of ether oxygens (including phenoxy) is 1. The summed E-state index contributed by atoms with van der Waals surface area (Å²) in [6, 6.07) is 10.4. The van der Waals surface area contributed by atoms with Crippen LogP contribution >= 0.6 is 11.6 Å². The zero-order valence-electron chi connectivity index (χ0n) is 16.3. The summed E-state index contributed by atoms with van der Waals surface area (Å²) in [5, 5.41) is 8.91. The molecule has 0 saturated carbocycles. The highest BCUT2D eigenvalue weighted by molar-refractivity contribution is 7.93. The largest absolute Gasteiger partial charge is 0.489 e. The summed E-state index contributed by atoms with van der Waals surface area (Å²) < 4.78 is 31.6. The number of sulfonamides is 1. The fourth-order valence-corrected chi connectivity index (χ4v) is 4.40. The Balaban J connectivity index is 1.48. The molecule has 1 saturated heterocycles. The lowest BCUT2D eigenvalue weighted by molar-refractivity contribution is -0.134. The first-order valence-electron chi connectivity index (χ1n) is 9.61. The van der Waals surface area contributed by atoms with Gasteiger partial charge >= 0.3 is 5.97 Å². The molecule has 0 bridgehead atoms. The van der Waals surface area contributed by atoms with Crippen LogP contribution in [0.5, 0.6) is 5.75 Å². The molecule has 1 aliphatic rings. The number of rotatable bonds is 9. The Morgan fingerprint density at radius 2 is 2.03 bits per heavy atom. The van der Waals surface area contributed by atoms with Crippen molar-refractivity contribution in [3.05, 3.63) is 53.3 Å². The van der Waals surface area contributed by atoms with Crippen LogP contribution in [-0.2, 0) is 21.2 Å². The van der Waals surface area contributed by atoms with Gasteiger partial charge in [0.05, 0.1) is 10.7 Å². The standard InChI is InChI=1S/C20H24ClN3O5S/c21-18-13-16(23-30(27,28)14-20(25)26)4-5-19(18)29-17-7-11-24(12-8-17)10-6-15-3-1-2-9-22-15/h1-5,9,13,17,23H,6-8,10-12,14H2,(H,25,26). The zero-order valence-corrected chi connectivity index (χ0v) is 17.9. The van der Waals surface area contributed by atoms with E-state index in [1.54, 1.807) is 6.07 Å². The van der Waals surface area contributed by atoms with Crippen molar-refractivity contribution in [1.82, 2.24) is 9.88 Å². The number of hydrogen-bond donors (Lipinski definition) is 2. The second-order valence-electron chi connectivity index (χ2n) is 7.13. The quantitative estimate of drug-likeness (QED) is 0.600. The number of carboxylic acids is 1. The highest BCUT2D eigenvalue weighted by Gasteiger charge is 2.22. The van der Waals surface area contributed by atoms with Crippen molar-refractivity contribution in [2.24, 2.45) is 0 Å². The van der Waals surface area contributed by atoms with Gasteiger partial charge in [0.15, 0.2) is 5.75 Å². The third kappa shape index (κ3) is 6.86. The van der Waals surface area contributed by atoms with E-state index in [0.717, 1.165) is 44.6 Å². The van der Waals surface area contributed by atoms with Crippen LogP contribution in [0, 0.1) is 0 Å². The summed E-state index contributed by atoms with van der Waals surface area (Å²) in [5.41, 5.74) is 1.28. The monoisotopic (exact) mass is 453 g/mol. The Labute approximate surface area is 180 Å². The summed E-state index contributed by atoms with van der Waals surface area (Å²) in [7, 11) is -3.98. The van der Waals surface area contributed by atoms with Crippen LogP contribution in [0.1, 0.15) is 18.5 Å². The Morgan fingerprint density at radius 1 is 1.27 bits per heavy atom. The van der Waals surface area contributed by atoms with Gasteiger partial charge < -0.3 is 14.7 Å². The second-order valence-corrected chi connectivity index (χ2v) is 9.26. The summed E-state index contributed by atoms with van der Waals surface area (Å²) in [4.78, 5) is 17.3. The molecule has 30 heavy (non-hydrogen) atoms. The lowest BCUT2D eigenvalue weighted by Crippen LogP contribution is -2.39. The van der Waals surface area contributed by atoms with Gasteiger partial charge in [-0.15, -0.1) is 0 Å². The molecule has 0 unspecified atom stereocenters. The third-order valence-corrected chi connectivity index (χ3v) is 6.23. The minimum Gasteiger partial charge on any atom is -0.489 e. The van der Waals surface area contributed by atoms with E-state index in [1.165, 1.54) is 12.1 Å². The summed E-state index contributed by atoms with van der Waals surface area (Å²) in [6.45, 7) is 2.79. The van der Waals surface area contributed by atoms with Gasteiger partial charge in [-0.25, -0.2) is 8.42 Å². The van der Waals surface area contributed by atoms with E-state index in [-0.39, 0.29) is 16.8 Å². The predicted molar refractivity (Wildman–Crippen MR) is 115 cm³/mol. The van der Waals surface area contributed by atoms with Gasteiger partial charge in [0, 0.05) is 37.9 Å². The van der Waals surface area contributed by atoms with E-state index < -0.39 is 21.7 Å². The minimum atomic E-state index is -3.98. The number of nitrogens with one attached hydrogen (secondary N) is 1. The van der Waals surface area contributed by atoms with Gasteiger partial charge in [0.25, 0.3) is 0 Å². The van der Waals surface area contributed by atoms with Crippen molar-refractivity contribution in [2.75, 3.05) is 30.1 Å². The summed E-state index contributed by atoms with van der Waals surface area (Å²) in [6.07, 6.45) is 4.49. The van der Waals surface area contributed by atoms with Crippen molar-refractivity contribution in [1.29, 1.82) is 0 Å². The van der Waals surface area contributed by atoms with Gasteiger partial charge in [-0.2, -0.15) is 0 Å². The van der Waals surface area contributed by atoms with E-state index >= 15 is 0 Å². The molecular formula is C20H24ClN3O5S. The number of nitrogens with zero attached hydrogens (tertiary/aromatic N) is 2. The maximum atomic E-state index is 11.7. The molecule has 2 N–H and O–H groups in total. The number of likely N-dealkylation sites (tertiary alicyclic amines) is 1. The molecule has 0 radical (unpaired) electrons. The lowest BCUT2D eigenvalue weighted by Gasteiger charge is -2.32. The number of carboxylic acid groups (broad SMARTS) is 1. The van der Waals surface area contributed by atoms with Crippen LogP contribution in [0.25, 0.3) is 0 Å². The smallest absolute Gasteiger partial charge is 0.320 e. The summed E-state index contributed by atoms with van der Waals surface area (Å²) in [5.74, 6) is -1.97. The van der Waals surface area contributed by atoms with Gasteiger partial charge in [-0.3, -0.25) is 14.5 Å². The first-order valence-corrected chi connectivity index (χ1v) is 11.6. The molecule has 3 rings (SSSR count). The topological polar surface area (TPSA) is 109 Å². The molecule has 162 valence electrons. The number of carbonyl (C=O) groups is 1. The van der Waals surface area contributed by atoms with Crippen molar-refractivity contribution >= 4 is 33.3 Å². The predicted octanol–water partition coefficient (Wildman–Crippen LogP) is 2.65. The average molecular weight is 454 g/mol. The highest BCUT2D eigenvalue weighted by atomic mass is 35.5. The first kappa shape index (κ1) is 22.3. The Bertz CT molecular complexity index is 964. The molecule has 2 heterocycles. The maximum Gasteiger partial charge on any atom is 0.320 e. The van der Waals surface area contributed by atoms with Crippen LogP contribution in [0.3, 0.4) is 0 Å². The van der Waals surface area contributed by atoms with Crippen LogP contribution in [0.15, 0.2) is 42.6 Å². The molecular weight excluding hydrogens is 430 g/mol. The Kier molecular flexibility index (Phi) is 7.52. The number of pyridine rings is 1. The first-order chi connectivity index (χ1) is 14.3. The van der Waals surface area contributed by atoms with Crippen molar-refractivity contribution in [3.63, 3.8) is 0 Å². The van der Waals surface area contributed by atoms with Gasteiger partial charge in [0.2, 0.25) is 10.0 Å². The molecule has 1 aliphatic heterocycles. The highest BCUT2D eigenvalue weighted by Crippen LogP contribution is 2.30. The molecule has 0 atom stereocenters. The third-order valence-electron chi connectivity index (χ3n) is 4.76. The second kappa shape index (κ2) is 10.1. The number of aromatic nitrogens is 1. The molecule has 1 aromatic carbocycles. The molecule has 2 aromatic rings. The van der Waals surface area contributed by atoms with E-state index in [9.17, 15) is 13.2 Å². The van der Waals surface area contributed by atoms with Gasteiger partial charge in [-0.05, 0) is 43.2 Å². The number of benzene rings is 1. The molecule has 10 heteroatoms. The fourth-order valence-electron chi connectivity index (χ4n) is 3.29. The van der Waals surface area contributed by atoms with Crippen molar-refractivity contribution in [3.8, 4) is 5.75 Å². The van der Waals surface area contributed by atoms with E-state index in [2.05, 4.69) is 14.6 Å². The van der Waals surface area contributed by atoms with Crippen molar-refractivity contribution < 1.29 is 23.1 Å². The Morgan fingerprint density at radius 3 is 2.67 bits per heavy atom. The molecule has 8 nitrogen and oxygen atoms in total. The number of piperidine rings is 1. The normalized spacial score (nSPS) is 15.6. The van der Waals surface area contributed by atoms with Crippen LogP contribution in [0.4, 0.5) is 5.69 Å². The number of aliphatic carboxylic acids is 1. The van der Waals surface area contributed by atoms with Crippen LogP contribution < -0.4 is 9.46 Å². The van der Waals surface area contributed by atoms with E-state index in [4.69, 9.17) is 21.4 Å². The lowest BCUT2D eigenvalue weighted by atomic mass is 10.1. The molecule has 1 aromatic heterocycles. The van der Waals surface area contributed by atoms with Crippen molar-refractivity contribution in [2.45, 2.75) is 25.4 Å². The maximum absolute atomic E-state index is 11.7. The fraction of sp³-hybridized carbons (Fsp3) is 0.400. The molecule has 1 fully saturated rings. The average Bonchev–Trinajstić information content (AvgIpc) is 2.69. The molecule has 0 amide bonds. The SMILES string of the molecule is O=C(O)CS(=O)(=O)Nc1ccc(OC2CCN(CCc3ccccn3)CC2)c(Cl)c1. The molecule has 0 spiro atoms. The number of hydrogen-bond acceptors (Lipinski definition) is 6. The minimum absolute atomic E-state index is 0.0307. The van der Waals surface area contributed by atoms with Crippen LogP contribution in [-0.4, -0.2) is 60.9 Å². The van der Waals surface area contributed by atoms with E-state index in [0.29, 0.717) is 5.75 Å². The molecule has 0 aliphatic carbocycles. The van der Waals surface area contributed by atoms with E-state index in [1.807, 2.05) is 24.4 Å². The Hall–Kier alpha value is -2.36. The number of anilines is 1. The zero-order chi connectivity index (χ0) is 21.6. The van der Waals surface area contributed by atoms with Crippen LogP contribution in [0.2, 0.25) is 5.02 Å². The number of halogens is 1.